The Bertz CT molecular complexity index is 2740. The molecule has 5 nitrogen and oxygen atoms in total. The lowest BCUT2D eigenvalue weighted by atomic mass is 9.82. The van der Waals surface area contributed by atoms with Crippen molar-refractivity contribution in [3.63, 3.8) is 0 Å². The van der Waals surface area contributed by atoms with Gasteiger partial charge in [0.1, 0.15) is 5.65 Å². The highest BCUT2D eigenvalue weighted by Gasteiger charge is 2.38. The molecule has 0 atom stereocenters. The van der Waals surface area contributed by atoms with Crippen LogP contribution in [0.25, 0.3) is 83.7 Å². The van der Waals surface area contributed by atoms with Crippen molar-refractivity contribution in [3.05, 3.63) is 163 Å². The first-order chi connectivity index (χ1) is 24.6. The van der Waals surface area contributed by atoms with Crippen LogP contribution in [0, 0.1) is 0 Å². The van der Waals surface area contributed by atoms with Gasteiger partial charge in [0.05, 0.1) is 5.52 Å². The van der Waals surface area contributed by atoms with Crippen LogP contribution in [0.3, 0.4) is 0 Å². The summed E-state index contributed by atoms with van der Waals surface area (Å²) in [6, 6.07) is 51.0. The van der Waals surface area contributed by atoms with Crippen molar-refractivity contribution in [2.24, 2.45) is 0 Å². The fourth-order valence-corrected chi connectivity index (χ4v) is 7.91. The molecule has 3 heterocycles. The van der Waals surface area contributed by atoms with E-state index in [9.17, 15) is 0 Å². The highest BCUT2D eigenvalue weighted by Crippen LogP contribution is 2.52. The number of nitrogens with zero attached hydrogens (tertiary/aromatic N) is 5. The third-order valence-corrected chi connectivity index (χ3v) is 10.3. The van der Waals surface area contributed by atoms with Crippen LogP contribution in [0.15, 0.2) is 152 Å². The summed E-state index contributed by atoms with van der Waals surface area (Å²) in [7, 11) is 0. The summed E-state index contributed by atoms with van der Waals surface area (Å²) >= 11 is 0. The summed E-state index contributed by atoms with van der Waals surface area (Å²) in [5, 5.41) is 4.62. The van der Waals surface area contributed by atoms with Gasteiger partial charge < -0.3 is 0 Å². The number of aromatic nitrogens is 5. The zero-order valence-electron chi connectivity index (χ0n) is 27.7. The average molecular weight is 642 g/mol. The Kier molecular flexibility index (Phi) is 6.15. The topological polar surface area (TPSA) is 56.5 Å². The predicted molar refractivity (Wildman–Crippen MR) is 203 cm³/mol. The van der Waals surface area contributed by atoms with Gasteiger partial charge in [-0.25, -0.2) is 19.9 Å². The van der Waals surface area contributed by atoms with Crippen LogP contribution >= 0.6 is 0 Å². The fraction of sp³-hybridized carbons (Fsp3) is 0.0667. The largest absolute Gasteiger partial charge is 0.294 e. The maximum atomic E-state index is 5.24. The third-order valence-electron chi connectivity index (χ3n) is 10.3. The van der Waals surface area contributed by atoms with E-state index in [1.54, 1.807) is 0 Å². The zero-order valence-corrected chi connectivity index (χ0v) is 27.7. The zero-order chi connectivity index (χ0) is 33.4. The van der Waals surface area contributed by atoms with Crippen LogP contribution < -0.4 is 0 Å². The molecule has 0 saturated heterocycles. The predicted octanol–water partition coefficient (Wildman–Crippen LogP) is 10.8. The number of hydrogen-bond donors (Lipinski definition) is 0. The first-order valence-electron chi connectivity index (χ1n) is 17.0. The molecular weight excluding hydrogens is 611 g/mol. The summed E-state index contributed by atoms with van der Waals surface area (Å²) in [6.45, 7) is 4.64. The van der Waals surface area contributed by atoms with Crippen molar-refractivity contribution >= 4 is 32.7 Å². The van der Waals surface area contributed by atoms with E-state index in [2.05, 4.69) is 140 Å². The monoisotopic (exact) mass is 641 g/mol. The second kappa shape index (κ2) is 10.8. The van der Waals surface area contributed by atoms with Crippen molar-refractivity contribution < 1.29 is 0 Å². The van der Waals surface area contributed by atoms with Gasteiger partial charge in [-0.05, 0) is 63.4 Å². The van der Waals surface area contributed by atoms with Crippen molar-refractivity contribution in [1.82, 2.24) is 24.5 Å². The molecular formula is C45H31N5. The van der Waals surface area contributed by atoms with E-state index in [-0.39, 0.29) is 5.41 Å². The van der Waals surface area contributed by atoms with E-state index >= 15 is 0 Å². The molecule has 0 N–H and O–H groups in total. The quantitative estimate of drug-likeness (QED) is 0.192. The summed E-state index contributed by atoms with van der Waals surface area (Å²) in [6.07, 6.45) is 1.88. The molecule has 3 aromatic heterocycles. The van der Waals surface area contributed by atoms with E-state index in [4.69, 9.17) is 19.9 Å². The van der Waals surface area contributed by atoms with Gasteiger partial charge in [-0.2, -0.15) is 0 Å². The Balaban J connectivity index is 1.20. The van der Waals surface area contributed by atoms with Gasteiger partial charge in [0, 0.05) is 44.8 Å². The molecule has 0 amide bonds. The van der Waals surface area contributed by atoms with E-state index in [1.807, 2.05) is 30.5 Å². The molecule has 10 rings (SSSR count). The Labute approximate surface area is 289 Å². The molecule has 1 aliphatic rings. The molecule has 0 aliphatic heterocycles. The number of fused-ring (bicyclic) bond motifs is 7. The number of rotatable bonds is 4. The molecule has 0 radical (unpaired) electrons. The van der Waals surface area contributed by atoms with Crippen LogP contribution in [0.1, 0.15) is 25.0 Å². The molecule has 236 valence electrons. The van der Waals surface area contributed by atoms with Crippen LogP contribution in [-0.4, -0.2) is 24.5 Å². The number of pyridine rings is 1. The molecule has 1 aliphatic carbocycles. The molecule has 6 aromatic carbocycles. The van der Waals surface area contributed by atoms with Gasteiger partial charge in [0.15, 0.2) is 17.5 Å². The Morgan fingerprint density at radius 1 is 0.500 bits per heavy atom. The van der Waals surface area contributed by atoms with E-state index in [1.165, 1.54) is 27.6 Å². The number of hydrogen-bond acceptors (Lipinski definition) is 4. The lowest BCUT2D eigenvalue weighted by Gasteiger charge is -2.22. The van der Waals surface area contributed by atoms with E-state index in [0.29, 0.717) is 17.5 Å². The second-order valence-corrected chi connectivity index (χ2v) is 13.5. The van der Waals surface area contributed by atoms with Gasteiger partial charge in [-0.15, -0.1) is 0 Å². The molecule has 5 heteroatoms. The molecule has 0 spiro atoms. The minimum absolute atomic E-state index is 0.253. The Morgan fingerprint density at radius 2 is 1.18 bits per heavy atom. The maximum Gasteiger partial charge on any atom is 0.164 e. The van der Waals surface area contributed by atoms with Crippen LogP contribution in [0.2, 0.25) is 0 Å². The average Bonchev–Trinajstić information content (AvgIpc) is 3.63. The molecule has 0 unspecified atom stereocenters. The molecule has 0 bridgehead atoms. The minimum Gasteiger partial charge on any atom is -0.294 e. The Morgan fingerprint density at radius 3 is 2.06 bits per heavy atom. The SMILES string of the molecule is CC1(C)c2cc(-n3c4ccccc4c4cccnc43)ccc2-c2c(-c3nc(-c4ccccc4)nc(-c4cccc5ccccc45)n3)cccc21. The molecule has 9 aromatic rings. The summed E-state index contributed by atoms with van der Waals surface area (Å²) < 4.78 is 2.29. The van der Waals surface area contributed by atoms with Crippen LogP contribution in [0.4, 0.5) is 0 Å². The summed E-state index contributed by atoms with van der Waals surface area (Å²) in [4.78, 5) is 20.3. The van der Waals surface area contributed by atoms with Crippen molar-refractivity contribution in [2.45, 2.75) is 19.3 Å². The summed E-state index contributed by atoms with van der Waals surface area (Å²) in [5.74, 6) is 1.98. The smallest absolute Gasteiger partial charge is 0.164 e. The van der Waals surface area contributed by atoms with Crippen LogP contribution in [-0.2, 0) is 5.41 Å². The Hall–Kier alpha value is -6.46. The highest BCUT2D eigenvalue weighted by molar-refractivity contribution is 6.08. The lowest BCUT2D eigenvalue weighted by molar-refractivity contribution is 0.660. The van der Waals surface area contributed by atoms with Gasteiger partial charge in [-0.1, -0.05) is 129 Å². The van der Waals surface area contributed by atoms with Crippen molar-refractivity contribution in [3.8, 4) is 51.0 Å². The van der Waals surface area contributed by atoms with Gasteiger partial charge >= 0.3 is 0 Å². The van der Waals surface area contributed by atoms with Gasteiger partial charge in [0.2, 0.25) is 0 Å². The van der Waals surface area contributed by atoms with Gasteiger partial charge in [0.25, 0.3) is 0 Å². The maximum absolute atomic E-state index is 5.24. The van der Waals surface area contributed by atoms with E-state index < -0.39 is 0 Å². The fourth-order valence-electron chi connectivity index (χ4n) is 7.91. The van der Waals surface area contributed by atoms with Crippen molar-refractivity contribution in [2.75, 3.05) is 0 Å². The minimum atomic E-state index is -0.253. The van der Waals surface area contributed by atoms with Crippen molar-refractivity contribution in [1.29, 1.82) is 0 Å². The number of benzene rings is 6. The normalized spacial score (nSPS) is 13.2. The highest BCUT2D eigenvalue weighted by atomic mass is 15.0. The molecule has 0 saturated carbocycles. The second-order valence-electron chi connectivity index (χ2n) is 13.5. The lowest BCUT2D eigenvalue weighted by Crippen LogP contribution is -2.15. The van der Waals surface area contributed by atoms with Crippen LogP contribution in [0.5, 0.6) is 0 Å². The molecule has 0 fully saturated rings. The number of para-hydroxylation sites is 1. The standard InChI is InChI=1S/C45H31N5/c1-45(2)37-22-11-20-36(40(37)35-25-24-30(27-38(35)45)50-39-23-9-8-18-32(39)34-21-12-26-46-44(34)50)43-48-41(29-14-4-3-5-15-29)47-42(49-43)33-19-10-16-28-13-6-7-17-31(28)33/h3-27H,1-2H3. The first-order valence-corrected chi connectivity index (χ1v) is 17.0. The van der Waals surface area contributed by atoms with E-state index in [0.717, 1.165) is 49.7 Å². The van der Waals surface area contributed by atoms with Gasteiger partial charge in [-0.3, -0.25) is 4.57 Å². The first kappa shape index (κ1) is 28.5. The molecule has 50 heavy (non-hydrogen) atoms. The third kappa shape index (κ3) is 4.20. The summed E-state index contributed by atoms with van der Waals surface area (Å²) in [5.41, 5.74) is 10.8.